The van der Waals surface area contributed by atoms with Crippen molar-refractivity contribution in [2.75, 3.05) is 0 Å². The Morgan fingerprint density at radius 2 is 1.42 bits per heavy atom. The highest BCUT2D eigenvalue weighted by Crippen LogP contribution is 2.38. The second kappa shape index (κ2) is 17.0. The van der Waals surface area contributed by atoms with Gasteiger partial charge in [-0.15, -0.1) is 0 Å². The molecule has 0 radical (unpaired) electrons. The zero-order valence-corrected chi connectivity index (χ0v) is 32.0. The van der Waals surface area contributed by atoms with Crippen LogP contribution in [0.15, 0.2) is 176 Å². The first-order chi connectivity index (χ1) is 25.9. The summed E-state index contributed by atoms with van der Waals surface area (Å²) in [6, 6.07) is 45.5. The van der Waals surface area contributed by atoms with Crippen LogP contribution in [0.1, 0.15) is 62.3 Å². The molecule has 0 bridgehead atoms. The van der Waals surface area contributed by atoms with Gasteiger partial charge in [0.05, 0.1) is 16.6 Å². The van der Waals surface area contributed by atoms with E-state index in [0.717, 1.165) is 23.1 Å². The van der Waals surface area contributed by atoms with Gasteiger partial charge in [-0.2, -0.15) is 0 Å². The van der Waals surface area contributed by atoms with Crippen LogP contribution >= 0.6 is 0 Å². The van der Waals surface area contributed by atoms with Crippen LogP contribution < -0.4 is 0 Å². The van der Waals surface area contributed by atoms with Crippen molar-refractivity contribution in [1.82, 2.24) is 9.55 Å². The number of hydrogen-bond donors (Lipinski definition) is 0. The van der Waals surface area contributed by atoms with E-state index in [1.165, 1.54) is 66.6 Å². The van der Waals surface area contributed by atoms with Crippen LogP contribution in [0.2, 0.25) is 0 Å². The number of pyridine rings is 1. The van der Waals surface area contributed by atoms with Gasteiger partial charge in [-0.25, -0.2) is 0 Å². The molecule has 1 aliphatic rings. The van der Waals surface area contributed by atoms with Gasteiger partial charge in [-0.1, -0.05) is 160 Å². The molecule has 1 aliphatic carbocycles. The van der Waals surface area contributed by atoms with E-state index in [1.54, 1.807) is 0 Å². The molecule has 1 atom stereocenters. The molecule has 2 nitrogen and oxygen atoms in total. The number of nitrogens with zero attached hydrogens (tertiary/aromatic N) is 2. The van der Waals surface area contributed by atoms with Gasteiger partial charge in [-0.05, 0) is 114 Å². The van der Waals surface area contributed by atoms with E-state index in [4.69, 9.17) is 4.98 Å². The predicted octanol–water partition coefficient (Wildman–Crippen LogP) is 14.4. The number of aromatic nitrogens is 2. The lowest BCUT2D eigenvalue weighted by Gasteiger charge is -2.14. The molecular weight excluding hydrogens is 641 g/mol. The van der Waals surface area contributed by atoms with Crippen molar-refractivity contribution < 1.29 is 0 Å². The quantitative estimate of drug-likeness (QED) is 0.152. The molecule has 0 N–H and O–H groups in total. The summed E-state index contributed by atoms with van der Waals surface area (Å²) < 4.78 is 2.34. The van der Waals surface area contributed by atoms with E-state index >= 15 is 0 Å². The molecule has 0 saturated heterocycles. The van der Waals surface area contributed by atoms with E-state index in [9.17, 15) is 0 Å². The SMILES string of the molecule is C=C/C=C\C(C)c1cccc(-n2c3ccc(-c4cccc(C5=C(C)CC=C5)c4C)cc3c3ncccc32)c1.CC.Cc1ccc(-c2ccccc2)cc1. The highest BCUT2D eigenvalue weighted by Gasteiger charge is 2.17. The Kier molecular flexibility index (Phi) is 11.8. The number of hydrogen-bond acceptors (Lipinski definition) is 1. The van der Waals surface area contributed by atoms with Crippen LogP contribution in [0.25, 0.3) is 55.5 Å². The van der Waals surface area contributed by atoms with Crippen LogP contribution in [0.4, 0.5) is 0 Å². The zero-order chi connectivity index (χ0) is 37.3. The summed E-state index contributed by atoms with van der Waals surface area (Å²) in [7, 11) is 0. The molecule has 0 amide bonds. The fourth-order valence-corrected chi connectivity index (χ4v) is 7.13. The van der Waals surface area contributed by atoms with E-state index in [2.05, 4.69) is 172 Å². The average molecular weight is 691 g/mol. The standard InChI is InChI=1S/C36H32N2.C13H12.C2H6/c1-5-6-11-24(2)27-13-8-14-29(22-27)38-34-20-19-28(23-33(34)36-35(38)18-10-21-37-36)31-16-9-17-32(26(31)4)30-15-7-12-25(30)3;1-11-7-9-13(10-8-11)12-5-3-2-4-6-12;1-2/h5-11,13-24H,1,12H2,2-4H3;2-10H,1H3;1-2H3/b11-6-;;. The van der Waals surface area contributed by atoms with E-state index in [-0.39, 0.29) is 0 Å². The van der Waals surface area contributed by atoms with Crippen LogP contribution in [0, 0.1) is 13.8 Å². The average Bonchev–Trinajstić information content (AvgIpc) is 3.79. The van der Waals surface area contributed by atoms with Gasteiger partial charge in [0.2, 0.25) is 0 Å². The number of allylic oxidation sites excluding steroid dienone is 7. The van der Waals surface area contributed by atoms with Gasteiger partial charge in [0.15, 0.2) is 0 Å². The largest absolute Gasteiger partial charge is 0.308 e. The lowest BCUT2D eigenvalue weighted by Crippen LogP contribution is -1.97. The fraction of sp³-hybridized carbons (Fsp3) is 0.157. The Labute approximate surface area is 316 Å². The summed E-state index contributed by atoms with van der Waals surface area (Å²) in [6.45, 7) is 16.6. The molecule has 0 saturated carbocycles. The smallest absolute Gasteiger partial charge is 0.0963 e. The first-order valence-electron chi connectivity index (χ1n) is 18.8. The third-order valence-electron chi connectivity index (χ3n) is 9.97. The molecule has 2 aromatic heterocycles. The van der Waals surface area contributed by atoms with Crippen LogP contribution in [0.3, 0.4) is 0 Å². The second-order valence-electron chi connectivity index (χ2n) is 13.5. The highest BCUT2D eigenvalue weighted by molar-refractivity contribution is 6.08. The number of rotatable bonds is 7. The van der Waals surface area contributed by atoms with E-state index in [0.29, 0.717) is 5.92 Å². The van der Waals surface area contributed by atoms with Gasteiger partial charge in [0, 0.05) is 17.3 Å². The molecule has 264 valence electrons. The maximum Gasteiger partial charge on any atom is 0.0963 e. The summed E-state index contributed by atoms with van der Waals surface area (Å²) in [5, 5.41) is 1.17. The molecule has 7 aromatic rings. The van der Waals surface area contributed by atoms with Crippen molar-refractivity contribution >= 4 is 27.5 Å². The van der Waals surface area contributed by atoms with Gasteiger partial charge >= 0.3 is 0 Å². The van der Waals surface area contributed by atoms with Crippen molar-refractivity contribution in [3.8, 4) is 27.9 Å². The number of aryl methyl sites for hydroxylation is 1. The molecule has 1 unspecified atom stereocenters. The maximum atomic E-state index is 4.84. The maximum absolute atomic E-state index is 4.84. The summed E-state index contributed by atoms with van der Waals surface area (Å²) in [4.78, 5) is 4.84. The minimum absolute atomic E-state index is 0.300. The molecule has 5 aromatic carbocycles. The predicted molar refractivity (Wildman–Crippen MR) is 231 cm³/mol. The summed E-state index contributed by atoms with van der Waals surface area (Å²) in [5.41, 5.74) is 17.5. The monoisotopic (exact) mass is 690 g/mol. The first kappa shape index (κ1) is 36.8. The lowest BCUT2D eigenvalue weighted by atomic mass is 9.91. The molecule has 2 heteroatoms. The van der Waals surface area contributed by atoms with Gasteiger partial charge in [0.25, 0.3) is 0 Å². The number of benzene rings is 5. The molecule has 53 heavy (non-hydrogen) atoms. The Morgan fingerprint density at radius 3 is 2.15 bits per heavy atom. The summed E-state index contributed by atoms with van der Waals surface area (Å²) >= 11 is 0. The van der Waals surface area contributed by atoms with Gasteiger partial charge in [-0.3, -0.25) is 4.98 Å². The van der Waals surface area contributed by atoms with E-state index < -0.39 is 0 Å². The van der Waals surface area contributed by atoms with Crippen LogP contribution in [-0.2, 0) is 0 Å². The summed E-state index contributed by atoms with van der Waals surface area (Å²) in [5.74, 6) is 0.300. The Balaban J connectivity index is 0.000000268. The molecule has 2 heterocycles. The first-order valence-corrected chi connectivity index (χ1v) is 18.8. The fourth-order valence-electron chi connectivity index (χ4n) is 7.13. The second-order valence-corrected chi connectivity index (χ2v) is 13.5. The zero-order valence-electron chi connectivity index (χ0n) is 32.0. The lowest BCUT2D eigenvalue weighted by molar-refractivity contribution is 0.962. The van der Waals surface area contributed by atoms with Crippen molar-refractivity contribution in [2.45, 2.75) is 53.9 Å². The molecule has 0 aliphatic heterocycles. The van der Waals surface area contributed by atoms with Crippen molar-refractivity contribution in [3.63, 3.8) is 0 Å². The highest BCUT2D eigenvalue weighted by atomic mass is 15.0. The molecule has 8 rings (SSSR count). The molecule has 0 fully saturated rings. The van der Waals surface area contributed by atoms with Crippen molar-refractivity contribution in [1.29, 1.82) is 0 Å². The van der Waals surface area contributed by atoms with Gasteiger partial charge in [0.1, 0.15) is 0 Å². The minimum atomic E-state index is 0.300. The minimum Gasteiger partial charge on any atom is -0.308 e. The Hall–Kier alpha value is -5.99. The van der Waals surface area contributed by atoms with Gasteiger partial charge < -0.3 is 4.57 Å². The van der Waals surface area contributed by atoms with Crippen molar-refractivity contribution in [3.05, 3.63) is 198 Å². The van der Waals surface area contributed by atoms with Crippen LogP contribution in [-0.4, -0.2) is 9.55 Å². The normalized spacial score (nSPS) is 12.8. The van der Waals surface area contributed by atoms with Crippen molar-refractivity contribution in [2.24, 2.45) is 0 Å². The summed E-state index contributed by atoms with van der Waals surface area (Å²) in [6.07, 6.45) is 13.5. The molecule has 0 spiro atoms. The number of fused-ring (bicyclic) bond motifs is 3. The molecular formula is C51H50N2. The Bertz CT molecular complexity index is 2440. The third kappa shape index (κ3) is 7.93. The van der Waals surface area contributed by atoms with Crippen LogP contribution in [0.5, 0.6) is 0 Å². The van der Waals surface area contributed by atoms with E-state index in [1.807, 2.05) is 44.3 Å². The Morgan fingerprint density at radius 1 is 0.698 bits per heavy atom. The third-order valence-corrected chi connectivity index (χ3v) is 9.97. The topological polar surface area (TPSA) is 17.8 Å².